The third kappa shape index (κ3) is 3.96. The van der Waals surface area contributed by atoms with Gasteiger partial charge in [0.15, 0.2) is 11.5 Å². The number of halogens is 1. The fourth-order valence-electron chi connectivity index (χ4n) is 2.48. The maximum Gasteiger partial charge on any atom is 0.498 e. The summed E-state index contributed by atoms with van der Waals surface area (Å²) in [6, 6.07) is 5.64. The molecule has 0 aliphatic heterocycles. The zero-order valence-corrected chi connectivity index (χ0v) is 16.0. The van der Waals surface area contributed by atoms with E-state index in [-0.39, 0.29) is 18.1 Å². The van der Waals surface area contributed by atoms with Crippen molar-refractivity contribution in [3.8, 4) is 17.2 Å². The number of aromatic nitrogens is 2. The van der Waals surface area contributed by atoms with Crippen molar-refractivity contribution in [3.63, 3.8) is 0 Å². The molecule has 0 aliphatic carbocycles. The first-order valence-corrected chi connectivity index (χ1v) is 7.48. The smallest absolute Gasteiger partial charge is 0.498 e. The summed E-state index contributed by atoms with van der Waals surface area (Å²) >= 11 is 0. The maximum atomic E-state index is 12.2. The average molecular weight is 367 g/mol. The second-order valence-electron chi connectivity index (χ2n) is 5.37. The zero-order chi connectivity index (χ0) is 17.9. The molecule has 0 saturated heterocycles. The first-order chi connectivity index (χ1) is 11.4. The lowest BCUT2D eigenvalue weighted by molar-refractivity contribution is -0.696. The highest BCUT2D eigenvalue weighted by Crippen LogP contribution is 2.40. The molecule has 0 radical (unpaired) electrons. The molecule has 0 spiro atoms. The molecule has 1 aromatic carbocycles. The minimum Gasteiger partial charge on any atom is -1.00 e. The van der Waals surface area contributed by atoms with Gasteiger partial charge in [0.1, 0.15) is 11.4 Å². The van der Waals surface area contributed by atoms with E-state index in [0.717, 1.165) is 17.0 Å². The fraction of sp³-hybridized carbons (Fsp3) is 0.333. The van der Waals surface area contributed by atoms with Crippen molar-refractivity contribution in [3.05, 3.63) is 45.6 Å². The predicted octanol–water partition coefficient (Wildman–Crippen LogP) is -1.28. The molecular weight excluding hydrogens is 344 g/mol. The molecule has 25 heavy (non-hydrogen) atoms. The van der Waals surface area contributed by atoms with Gasteiger partial charge in [-0.05, 0) is 31.2 Å². The second-order valence-corrected chi connectivity index (χ2v) is 5.37. The van der Waals surface area contributed by atoms with Gasteiger partial charge in [-0.1, -0.05) is 0 Å². The summed E-state index contributed by atoms with van der Waals surface area (Å²) in [5.41, 5.74) is 2.44. The van der Waals surface area contributed by atoms with Gasteiger partial charge in [-0.25, -0.2) is 0 Å². The van der Waals surface area contributed by atoms with Crippen molar-refractivity contribution in [2.45, 2.75) is 6.92 Å². The van der Waals surface area contributed by atoms with E-state index < -0.39 is 0 Å². The Morgan fingerprint density at radius 3 is 2.24 bits per heavy atom. The van der Waals surface area contributed by atoms with E-state index in [0.29, 0.717) is 17.2 Å². The molecule has 2 rings (SSSR count). The van der Waals surface area contributed by atoms with Crippen LogP contribution in [0.4, 0.5) is 0 Å². The topological polar surface area (TPSA) is 53.6 Å². The lowest BCUT2D eigenvalue weighted by Crippen LogP contribution is -3.00. The van der Waals surface area contributed by atoms with Crippen LogP contribution in [0.1, 0.15) is 17.0 Å². The summed E-state index contributed by atoms with van der Waals surface area (Å²) in [6.07, 6.45) is 3.76. The average Bonchev–Trinajstić information content (AvgIpc) is 2.60. The molecule has 0 N–H and O–H groups in total. The van der Waals surface area contributed by atoms with Crippen LogP contribution in [0.25, 0.3) is 12.2 Å². The Labute approximate surface area is 153 Å². The van der Waals surface area contributed by atoms with Crippen LogP contribution in [-0.4, -0.2) is 25.9 Å². The molecule has 0 fully saturated rings. The standard InChI is InChI=1S/C18H23N2O4.ClH/c1-12-11-14(20(3)18(21)19(12)2)9-7-13-8-10-15(22-4)17(24-6)16(13)23-5;/h7-11H,1-6H3;1H/q+1;/p-1/b9-7+;. The molecule has 6 nitrogen and oxygen atoms in total. The number of methoxy groups -OCH3 is 3. The monoisotopic (exact) mass is 366 g/mol. The van der Waals surface area contributed by atoms with Gasteiger partial charge in [-0.3, -0.25) is 0 Å². The van der Waals surface area contributed by atoms with Crippen molar-refractivity contribution in [1.29, 1.82) is 0 Å². The molecule has 1 aromatic heterocycles. The van der Waals surface area contributed by atoms with Gasteiger partial charge in [0.05, 0.1) is 35.4 Å². The summed E-state index contributed by atoms with van der Waals surface area (Å²) in [5.74, 6) is 1.71. The number of ether oxygens (including phenoxy) is 3. The number of rotatable bonds is 5. The number of nitrogens with zero attached hydrogens (tertiary/aromatic N) is 2. The Balaban J connectivity index is 0.00000312. The number of hydrogen-bond acceptors (Lipinski definition) is 4. The maximum absolute atomic E-state index is 12.2. The normalized spacial score (nSPS) is 10.5. The van der Waals surface area contributed by atoms with E-state index in [1.807, 2.05) is 37.3 Å². The number of benzene rings is 1. The zero-order valence-electron chi connectivity index (χ0n) is 15.3. The number of hydrogen-bond donors (Lipinski definition) is 0. The summed E-state index contributed by atoms with van der Waals surface area (Å²) in [5, 5.41) is 0. The molecule has 1 heterocycles. The van der Waals surface area contributed by atoms with Crippen LogP contribution in [0.3, 0.4) is 0 Å². The summed E-state index contributed by atoms with van der Waals surface area (Å²) in [7, 11) is 8.22. The molecule has 0 saturated carbocycles. The SMILES string of the molecule is COc1ccc(/C=C/c2cc(C)[n+](C)c(=O)n2C)c(OC)c1OC.[Cl-]. The lowest BCUT2D eigenvalue weighted by Gasteiger charge is -2.14. The van der Waals surface area contributed by atoms with Crippen molar-refractivity contribution in [2.24, 2.45) is 14.1 Å². The summed E-state index contributed by atoms with van der Waals surface area (Å²) < 4.78 is 19.3. The third-order valence-electron chi connectivity index (χ3n) is 4.02. The summed E-state index contributed by atoms with van der Waals surface area (Å²) in [6.45, 7) is 1.90. The molecule has 0 unspecified atom stereocenters. The molecule has 0 bridgehead atoms. The van der Waals surface area contributed by atoms with E-state index in [1.54, 1.807) is 44.6 Å². The minimum atomic E-state index is -0.0751. The molecule has 7 heteroatoms. The second kappa shape index (κ2) is 8.58. The predicted molar refractivity (Wildman–Crippen MR) is 92.6 cm³/mol. The van der Waals surface area contributed by atoms with Gasteiger partial charge in [-0.15, -0.1) is 0 Å². The Bertz CT molecular complexity index is 844. The Morgan fingerprint density at radius 2 is 1.68 bits per heavy atom. The van der Waals surface area contributed by atoms with Crippen LogP contribution in [0.2, 0.25) is 0 Å². The number of aryl methyl sites for hydroxylation is 1. The van der Waals surface area contributed by atoms with Gasteiger partial charge < -0.3 is 26.6 Å². The highest BCUT2D eigenvalue weighted by molar-refractivity contribution is 5.75. The van der Waals surface area contributed by atoms with Crippen LogP contribution < -0.4 is 36.9 Å². The van der Waals surface area contributed by atoms with Crippen molar-refractivity contribution in [1.82, 2.24) is 4.57 Å². The largest absolute Gasteiger partial charge is 1.00 e. The van der Waals surface area contributed by atoms with Gasteiger partial charge >= 0.3 is 5.69 Å². The van der Waals surface area contributed by atoms with Crippen LogP contribution in [-0.2, 0) is 14.1 Å². The van der Waals surface area contributed by atoms with Crippen LogP contribution in [0.5, 0.6) is 17.2 Å². The van der Waals surface area contributed by atoms with Crippen molar-refractivity contribution >= 4 is 12.2 Å². The third-order valence-corrected chi connectivity index (χ3v) is 4.02. The van der Waals surface area contributed by atoms with Crippen molar-refractivity contribution in [2.75, 3.05) is 21.3 Å². The summed E-state index contributed by atoms with van der Waals surface area (Å²) in [4.78, 5) is 12.2. The van der Waals surface area contributed by atoms with Crippen molar-refractivity contribution < 1.29 is 31.2 Å². The van der Waals surface area contributed by atoms with E-state index in [1.165, 1.54) is 0 Å². The molecule has 0 aliphatic rings. The van der Waals surface area contributed by atoms with E-state index in [2.05, 4.69) is 0 Å². The van der Waals surface area contributed by atoms with E-state index in [4.69, 9.17) is 14.2 Å². The highest BCUT2D eigenvalue weighted by atomic mass is 35.5. The van der Waals surface area contributed by atoms with Gasteiger partial charge in [0.2, 0.25) is 5.75 Å². The van der Waals surface area contributed by atoms with E-state index in [9.17, 15) is 4.79 Å². The van der Waals surface area contributed by atoms with Gasteiger partial charge in [0.25, 0.3) is 0 Å². The van der Waals surface area contributed by atoms with Crippen LogP contribution in [0, 0.1) is 6.92 Å². The molecule has 2 aromatic rings. The lowest BCUT2D eigenvalue weighted by atomic mass is 10.1. The molecular formula is C18H23ClN2O4. The van der Waals surface area contributed by atoms with E-state index >= 15 is 0 Å². The molecule has 136 valence electrons. The van der Waals surface area contributed by atoms with Gasteiger partial charge in [0, 0.05) is 11.6 Å². The first-order valence-electron chi connectivity index (χ1n) is 7.48. The Morgan fingerprint density at radius 1 is 1.04 bits per heavy atom. The molecule has 0 atom stereocenters. The first kappa shape index (κ1) is 20.6. The Kier molecular flexibility index (Phi) is 7.06. The fourth-order valence-corrected chi connectivity index (χ4v) is 2.48. The minimum absolute atomic E-state index is 0. The Hall–Kier alpha value is -2.47. The molecule has 0 amide bonds. The highest BCUT2D eigenvalue weighted by Gasteiger charge is 2.15. The van der Waals surface area contributed by atoms with Crippen LogP contribution >= 0.6 is 0 Å². The quantitative estimate of drug-likeness (QED) is 0.619. The van der Waals surface area contributed by atoms with Crippen LogP contribution in [0.15, 0.2) is 23.0 Å². The van der Waals surface area contributed by atoms with Gasteiger partial charge in [-0.2, -0.15) is 13.9 Å².